The number of fused-ring (bicyclic) bond motifs is 1. The summed E-state index contributed by atoms with van der Waals surface area (Å²) in [5, 5.41) is 12.4. The Morgan fingerprint density at radius 1 is 1.37 bits per heavy atom. The first-order valence-electron chi connectivity index (χ1n) is 12.6. The molecule has 2 aromatic heterocycles. The third-order valence-electron chi connectivity index (χ3n) is 7.24. The van der Waals surface area contributed by atoms with Gasteiger partial charge in [-0.1, -0.05) is 0 Å². The first kappa shape index (κ1) is 25.4. The van der Waals surface area contributed by atoms with Gasteiger partial charge in [0.05, 0.1) is 29.9 Å². The summed E-state index contributed by atoms with van der Waals surface area (Å²) in [5.41, 5.74) is 2.73. The Hall–Kier alpha value is -4.24. The molecule has 3 amide bonds. The zero-order valence-electron chi connectivity index (χ0n) is 21.3. The molecule has 198 valence electrons. The van der Waals surface area contributed by atoms with E-state index in [1.807, 2.05) is 13.0 Å². The van der Waals surface area contributed by atoms with Crippen molar-refractivity contribution in [1.29, 1.82) is 5.26 Å². The van der Waals surface area contributed by atoms with E-state index in [9.17, 15) is 19.6 Å². The average Bonchev–Trinajstić information content (AvgIpc) is 3.54. The quantitative estimate of drug-likeness (QED) is 0.570. The molecule has 2 aromatic rings. The molecular weight excluding hydrogens is 490 g/mol. The molecule has 5 rings (SSSR count). The smallest absolute Gasteiger partial charge is 0.410 e. The number of aromatic nitrogens is 2. The van der Waals surface area contributed by atoms with Crippen LogP contribution in [0.3, 0.4) is 0 Å². The van der Waals surface area contributed by atoms with E-state index in [0.29, 0.717) is 67.3 Å². The number of nitriles is 1. The Bertz CT molecular complexity index is 1310. The summed E-state index contributed by atoms with van der Waals surface area (Å²) in [7, 11) is 1.67. The molecule has 0 spiro atoms. The van der Waals surface area contributed by atoms with Crippen molar-refractivity contribution in [2.75, 3.05) is 48.5 Å². The number of hydrogen-bond donors (Lipinski definition) is 1. The monoisotopic (exact) mass is 519 g/mol. The maximum absolute atomic E-state index is 13.3. The molecule has 2 atom stereocenters. The van der Waals surface area contributed by atoms with Crippen molar-refractivity contribution < 1.29 is 23.9 Å². The van der Waals surface area contributed by atoms with E-state index >= 15 is 0 Å². The van der Waals surface area contributed by atoms with Gasteiger partial charge in [-0.3, -0.25) is 19.9 Å². The Balaban J connectivity index is 1.37. The van der Waals surface area contributed by atoms with E-state index in [2.05, 4.69) is 26.3 Å². The van der Waals surface area contributed by atoms with Crippen LogP contribution >= 0.6 is 0 Å². The number of hydrogen-bond acceptors (Lipinski definition) is 9. The summed E-state index contributed by atoms with van der Waals surface area (Å²) >= 11 is 0. The molecule has 3 aliphatic rings. The summed E-state index contributed by atoms with van der Waals surface area (Å²) < 4.78 is 10.5. The minimum absolute atomic E-state index is 0.0832. The summed E-state index contributed by atoms with van der Waals surface area (Å²) in [5.74, 6) is 0.721. The maximum atomic E-state index is 13.3. The van der Waals surface area contributed by atoms with Crippen LogP contribution in [0.4, 0.5) is 26.9 Å². The fourth-order valence-corrected chi connectivity index (χ4v) is 5.11. The van der Waals surface area contributed by atoms with Gasteiger partial charge in [0.15, 0.2) is 6.29 Å². The van der Waals surface area contributed by atoms with Crippen LogP contribution in [0.15, 0.2) is 18.3 Å². The van der Waals surface area contributed by atoms with Gasteiger partial charge in [-0.15, -0.1) is 0 Å². The highest BCUT2D eigenvalue weighted by Gasteiger charge is 2.32. The van der Waals surface area contributed by atoms with E-state index < -0.39 is 12.1 Å². The number of cyclic esters (lactones) is 1. The molecule has 0 saturated carbocycles. The van der Waals surface area contributed by atoms with E-state index in [4.69, 9.17) is 9.47 Å². The van der Waals surface area contributed by atoms with Gasteiger partial charge in [0.1, 0.15) is 30.0 Å². The summed E-state index contributed by atoms with van der Waals surface area (Å²) in [6.45, 7) is 4.20. The molecule has 0 aromatic carbocycles. The van der Waals surface area contributed by atoms with Crippen molar-refractivity contribution in [1.82, 2.24) is 14.9 Å². The SMILES string of the molecule is CO[C@H]1CCN(c2cc(NC(=O)N3CCCc4cc(CN5C(=O)OC[C@@H]5C)c(C=O)nc43)ncc2C#N)C1. The van der Waals surface area contributed by atoms with Crippen LogP contribution in [0.1, 0.15) is 46.9 Å². The summed E-state index contributed by atoms with van der Waals surface area (Å²) in [6.07, 6.45) is 4.00. The number of urea groups is 1. The number of ether oxygens (including phenoxy) is 2. The number of nitrogens with one attached hydrogen (secondary N) is 1. The third kappa shape index (κ3) is 4.84. The largest absolute Gasteiger partial charge is 0.447 e. The van der Waals surface area contributed by atoms with Crippen molar-refractivity contribution in [2.45, 2.75) is 44.9 Å². The molecule has 1 N–H and O–H groups in total. The highest BCUT2D eigenvalue weighted by Crippen LogP contribution is 2.30. The Morgan fingerprint density at radius 2 is 2.21 bits per heavy atom. The van der Waals surface area contributed by atoms with E-state index in [1.54, 1.807) is 18.1 Å². The number of anilines is 3. The minimum atomic E-state index is -0.431. The van der Waals surface area contributed by atoms with Crippen molar-refractivity contribution >= 4 is 35.7 Å². The zero-order chi connectivity index (χ0) is 26.8. The Labute approximate surface area is 220 Å². The number of pyridine rings is 2. The van der Waals surface area contributed by atoms with Crippen LogP contribution in [-0.2, 0) is 22.4 Å². The predicted molar refractivity (Wildman–Crippen MR) is 137 cm³/mol. The first-order chi connectivity index (χ1) is 18.4. The second-order valence-electron chi connectivity index (χ2n) is 9.66. The van der Waals surface area contributed by atoms with Gasteiger partial charge in [0.25, 0.3) is 0 Å². The number of carbonyl (C=O) groups excluding carboxylic acids is 3. The van der Waals surface area contributed by atoms with Crippen molar-refractivity contribution in [3.8, 4) is 6.07 Å². The number of amides is 3. The lowest BCUT2D eigenvalue weighted by Crippen LogP contribution is -2.40. The van der Waals surface area contributed by atoms with Crippen LogP contribution < -0.4 is 15.1 Å². The van der Waals surface area contributed by atoms with E-state index in [1.165, 1.54) is 11.1 Å². The number of rotatable bonds is 6. The number of aldehydes is 1. The minimum Gasteiger partial charge on any atom is -0.447 e. The van der Waals surface area contributed by atoms with Crippen molar-refractivity contribution in [3.05, 3.63) is 40.7 Å². The standard InChI is InChI=1S/C26H29N7O5/c1-16-15-38-26(36)33(16)12-18-8-17-4-3-6-32(24(17)29-21(18)14-34)25(35)30-23-9-22(19(10-27)11-28-23)31-7-5-20(13-31)37-2/h8-9,11,14,16,20H,3-7,12-13,15H2,1-2H3,(H,28,30,35)/t16-,20-/m0/s1. The van der Waals surface area contributed by atoms with Gasteiger partial charge in [-0.2, -0.15) is 5.26 Å². The first-order valence-corrected chi connectivity index (χ1v) is 12.6. The molecule has 0 radical (unpaired) electrons. The predicted octanol–water partition coefficient (Wildman–Crippen LogP) is 2.71. The van der Waals surface area contributed by atoms with Crippen LogP contribution in [0.5, 0.6) is 0 Å². The van der Waals surface area contributed by atoms with Gasteiger partial charge in [0, 0.05) is 44.6 Å². The van der Waals surface area contributed by atoms with Gasteiger partial charge >= 0.3 is 12.1 Å². The third-order valence-corrected chi connectivity index (χ3v) is 7.24. The van der Waals surface area contributed by atoms with E-state index in [0.717, 1.165) is 18.5 Å². The van der Waals surface area contributed by atoms with Crippen LogP contribution in [0.2, 0.25) is 0 Å². The lowest BCUT2D eigenvalue weighted by Gasteiger charge is -2.29. The maximum Gasteiger partial charge on any atom is 0.410 e. The molecule has 0 unspecified atom stereocenters. The number of carbonyl (C=O) groups is 3. The Morgan fingerprint density at radius 3 is 2.89 bits per heavy atom. The average molecular weight is 520 g/mol. The van der Waals surface area contributed by atoms with Gasteiger partial charge < -0.3 is 14.4 Å². The van der Waals surface area contributed by atoms with Gasteiger partial charge in [-0.25, -0.2) is 19.6 Å². The van der Waals surface area contributed by atoms with Crippen molar-refractivity contribution in [2.24, 2.45) is 0 Å². The molecule has 38 heavy (non-hydrogen) atoms. The lowest BCUT2D eigenvalue weighted by atomic mass is 10.0. The number of aryl methyl sites for hydroxylation is 1. The molecule has 2 fully saturated rings. The van der Waals surface area contributed by atoms with Crippen LogP contribution in [-0.4, -0.2) is 78.8 Å². The van der Waals surface area contributed by atoms with Gasteiger partial charge in [-0.05, 0) is 37.8 Å². The molecule has 5 heterocycles. The second-order valence-corrected chi connectivity index (χ2v) is 9.66. The molecule has 12 nitrogen and oxygen atoms in total. The van der Waals surface area contributed by atoms with Crippen molar-refractivity contribution in [3.63, 3.8) is 0 Å². The van der Waals surface area contributed by atoms with Crippen LogP contribution in [0.25, 0.3) is 0 Å². The molecular formula is C26H29N7O5. The topological polar surface area (TPSA) is 141 Å². The van der Waals surface area contributed by atoms with E-state index in [-0.39, 0.29) is 24.4 Å². The summed E-state index contributed by atoms with van der Waals surface area (Å²) in [6, 6.07) is 5.18. The zero-order valence-corrected chi connectivity index (χ0v) is 21.3. The molecule has 12 heteroatoms. The molecule has 0 aliphatic carbocycles. The highest BCUT2D eigenvalue weighted by atomic mass is 16.6. The second kappa shape index (κ2) is 10.6. The number of nitrogens with zero attached hydrogens (tertiary/aromatic N) is 6. The summed E-state index contributed by atoms with van der Waals surface area (Å²) in [4.78, 5) is 51.2. The molecule has 2 saturated heterocycles. The Kier molecular flexibility index (Phi) is 7.11. The fraction of sp³-hybridized carbons (Fsp3) is 0.462. The van der Waals surface area contributed by atoms with Gasteiger partial charge in [0.2, 0.25) is 0 Å². The number of methoxy groups -OCH3 is 1. The molecule has 0 bridgehead atoms. The fourth-order valence-electron chi connectivity index (χ4n) is 5.11. The lowest BCUT2D eigenvalue weighted by molar-refractivity contribution is 0.111. The molecule has 3 aliphatic heterocycles. The highest BCUT2D eigenvalue weighted by molar-refractivity contribution is 6.02. The normalized spacial score (nSPS) is 20.7. The van der Waals surface area contributed by atoms with Crippen LogP contribution in [0, 0.1) is 11.3 Å².